The molecule has 0 spiro atoms. The average molecular weight is 395 g/mol. The highest BCUT2D eigenvalue weighted by atomic mass is 35.5. The zero-order valence-electron chi connectivity index (χ0n) is 15.2. The number of rotatable bonds is 4. The number of aromatic nitrogens is 4. The van der Waals surface area contributed by atoms with Crippen molar-refractivity contribution in [2.75, 3.05) is 31.1 Å². The summed E-state index contributed by atoms with van der Waals surface area (Å²) in [4.78, 5) is 4.66. The first kappa shape index (κ1) is 17.2. The molecule has 0 aliphatic carbocycles. The molecule has 3 heterocycles. The Morgan fingerprint density at radius 1 is 1.00 bits per heavy atom. The van der Waals surface area contributed by atoms with Crippen molar-refractivity contribution in [3.8, 4) is 5.69 Å². The van der Waals surface area contributed by atoms with Crippen molar-refractivity contribution in [1.82, 2.24) is 25.1 Å². The highest BCUT2D eigenvalue weighted by Crippen LogP contribution is 2.26. The molecule has 1 fully saturated rings. The van der Waals surface area contributed by atoms with Crippen molar-refractivity contribution in [3.05, 3.63) is 65.4 Å². The molecule has 0 unspecified atom stereocenters. The van der Waals surface area contributed by atoms with E-state index in [2.05, 4.69) is 31.3 Å². The van der Waals surface area contributed by atoms with Crippen molar-refractivity contribution < 1.29 is 4.52 Å². The van der Waals surface area contributed by atoms with E-state index in [0.717, 1.165) is 60.9 Å². The maximum Gasteiger partial charge on any atom is 0.180 e. The Labute approximate surface area is 167 Å². The minimum atomic E-state index is 0.686. The number of anilines is 1. The molecule has 1 aliphatic rings. The summed E-state index contributed by atoms with van der Waals surface area (Å²) in [5.74, 6) is 0.933. The molecular formula is C20H19ClN6O. The largest absolute Gasteiger partial charge is 0.354 e. The number of nitrogens with zero attached hydrogens (tertiary/aromatic N) is 6. The van der Waals surface area contributed by atoms with Gasteiger partial charge in [0.2, 0.25) is 0 Å². The molecule has 8 heteroatoms. The number of halogens is 1. The Bertz CT molecular complexity index is 1100. The van der Waals surface area contributed by atoms with E-state index in [9.17, 15) is 0 Å². The summed E-state index contributed by atoms with van der Waals surface area (Å²) in [6.45, 7) is 4.45. The van der Waals surface area contributed by atoms with Gasteiger partial charge in [-0.2, -0.15) is 0 Å². The van der Waals surface area contributed by atoms with E-state index in [4.69, 9.17) is 16.1 Å². The summed E-state index contributed by atoms with van der Waals surface area (Å²) >= 11 is 6.06. The second kappa shape index (κ2) is 7.26. The van der Waals surface area contributed by atoms with E-state index in [1.54, 1.807) is 4.68 Å². The molecule has 0 amide bonds. The van der Waals surface area contributed by atoms with Gasteiger partial charge in [-0.1, -0.05) is 40.2 Å². The molecule has 28 heavy (non-hydrogen) atoms. The first-order chi connectivity index (χ1) is 13.8. The van der Waals surface area contributed by atoms with E-state index in [1.165, 1.54) is 0 Å². The molecule has 0 N–H and O–H groups in total. The van der Waals surface area contributed by atoms with Crippen LogP contribution in [0.2, 0.25) is 5.02 Å². The monoisotopic (exact) mass is 394 g/mol. The van der Waals surface area contributed by atoms with Gasteiger partial charge in [0, 0.05) is 37.7 Å². The lowest BCUT2D eigenvalue weighted by molar-refractivity contribution is 0.245. The van der Waals surface area contributed by atoms with Crippen LogP contribution in [0.15, 0.2) is 59.3 Å². The number of hydrogen-bond donors (Lipinski definition) is 0. The van der Waals surface area contributed by atoms with Gasteiger partial charge in [0.05, 0.1) is 23.0 Å². The Kier molecular flexibility index (Phi) is 4.46. The summed E-state index contributed by atoms with van der Waals surface area (Å²) in [7, 11) is 0. The van der Waals surface area contributed by atoms with Crippen LogP contribution in [0.5, 0.6) is 0 Å². The lowest BCUT2D eigenvalue weighted by Gasteiger charge is -2.34. The van der Waals surface area contributed by atoms with Gasteiger partial charge in [-0.05, 0) is 30.3 Å². The van der Waals surface area contributed by atoms with Crippen LogP contribution in [0.1, 0.15) is 5.69 Å². The standard InChI is InChI=1S/C20H19ClN6O/c21-15-4-3-5-17(12-15)27-14-16(22-24-27)13-25-8-10-26(11-9-25)20-18-6-1-2-7-19(18)28-23-20/h1-7,12,14H,8-11,13H2. The molecule has 0 radical (unpaired) electrons. The van der Waals surface area contributed by atoms with Crippen LogP contribution >= 0.6 is 11.6 Å². The molecule has 0 bridgehead atoms. The second-order valence-corrected chi connectivity index (χ2v) is 7.34. The molecule has 2 aromatic heterocycles. The molecule has 0 atom stereocenters. The van der Waals surface area contributed by atoms with Gasteiger partial charge in [-0.15, -0.1) is 5.10 Å². The third-order valence-corrected chi connectivity index (χ3v) is 5.26. The third kappa shape index (κ3) is 3.34. The molecule has 4 aromatic rings. The fraction of sp³-hybridized carbons (Fsp3) is 0.250. The van der Waals surface area contributed by atoms with Crippen LogP contribution in [0.25, 0.3) is 16.7 Å². The summed E-state index contributed by atoms with van der Waals surface area (Å²) in [5, 5.41) is 14.6. The van der Waals surface area contributed by atoms with E-state index >= 15 is 0 Å². The van der Waals surface area contributed by atoms with E-state index in [-0.39, 0.29) is 0 Å². The van der Waals surface area contributed by atoms with Gasteiger partial charge in [0.25, 0.3) is 0 Å². The fourth-order valence-corrected chi connectivity index (χ4v) is 3.75. The van der Waals surface area contributed by atoms with Crippen LogP contribution in [-0.4, -0.2) is 51.2 Å². The van der Waals surface area contributed by atoms with Crippen LogP contribution in [0.4, 0.5) is 5.82 Å². The molecular weight excluding hydrogens is 376 g/mol. The minimum absolute atomic E-state index is 0.686. The van der Waals surface area contributed by atoms with Gasteiger partial charge in [0.15, 0.2) is 11.4 Å². The Hall–Kier alpha value is -2.90. The van der Waals surface area contributed by atoms with Gasteiger partial charge in [-0.25, -0.2) is 4.68 Å². The fourth-order valence-electron chi connectivity index (χ4n) is 3.56. The van der Waals surface area contributed by atoms with E-state index in [1.807, 2.05) is 48.7 Å². The van der Waals surface area contributed by atoms with Crippen LogP contribution in [0, 0.1) is 0 Å². The Morgan fingerprint density at radius 3 is 2.71 bits per heavy atom. The molecule has 0 saturated carbocycles. The van der Waals surface area contributed by atoms with Gasteiger partial charge < -0.3 is 9.42 Å². The first-order valence-electron chi connectivity index (χ1n) is 9.25. The van der Waals surface area contributed by atoms with Crippen molar-refractivity contribution in [3.63, 3.8) is 0 Å². The highest BCUT2D eigenvalue weighted by molar-refractivity contribution is 6.30. The van der Waals surface area contributed by atoms with Gasteiger partial charge in [-0.3, -0.25) is 4.90 Å². The molecule has 142 valence electrons. The molecule has 1 aliphatic heterocycles. The number of benzene rings is 2. The predicted octanol–water partition coefficient (Wildman–Crippen LogP) is 3.38. The lowest BCUT2D eigenvalue weighted by atomic mass is 10.2. The topological polar surface area (TPSA) is 63.2 Å². The predicted molar refractivity (Wildman–Crippen MR) is 108 cm³/mol. The van der Waals surface area contributed by atoms with Gasteiger partial charge in [0.1, 0.15) is 0 Å². The quantitative estimate of drug-likeness (QED) is 0.528. The normalized spacial score (nSPS) is 15.4. The Morgan fingerprint density at radius 2 is 1.86 bits per heavy atom. The average Bonchev–Trinajstić information content (AvgIpc) is 3.36. The summed E-state index contributed by atoms with van der Waals surface area (Å²) in [6.07, 6.45) is 1.96. The third-order valence-electron chi connectivity index (χ3n) is 5.03. The number of piperazine rings is 1. The summed E-state index contributed by atoms with van der Waals surface area (Å²) in [6, 6.07) is 15.6. The zero-order valence-corrected chi connectivity index (χ0v) is 16.0. The minimum Gasteiger partial charge on any atom is -0.354 e. The second-order valence-electron chi connectivity index (χ2n) is 6.90. The maximum atomic E-state index is 6.06. The SMILES string of the molecule is Clc1cccc(-n2cc(CN3CCN(c4noc5ccccc45)CC3)nn2)c1. The van der Waals surface area contributed by atoms with E-state index < -0.39 is 0 Å². The van der Waals surface area contributed by atoms with Gasteiger partial charge >= 0.3 is 0 Å². The van der Waals surface area contributed by atoms with Crippen LogP contribution in [-0.2, 0) is 6.54 Å². The number of hydrogen-bond acceptors (Lipinski definition) is 6. The van der Waals surface area contributed by atoms with Crippen LogP contribution in [0.3, 0.4) is 0 Å². The van der Waals surface area contributed by atoms with Crippen molar-refractivity contribution >= 4 is 28.4 Å². The highest BCUT2D eigenvalue weighted by Gasteiger charge is 2.22. The van der Waals surface area contributed by atoms with Crippen molar-refractivity contribution in [1.29, 1.82) is 0 Å². The zero-order chi connectivity index (χ0) is 18.9. The molecule has 5 rings (SSSR count). The van der Waals surface area contributed by atoms with Crippen LogP contribution < -0.4 is 4.90 Å². The Balaban J connectivity index is 1.23. The van der Waals surface area contributed by atoms with Crippen molar-refractivity contribution in [2.45, 2.75) is 6.54 Å². The lowest BCUT2D eigenvalue weighted by Crippen LogP contribution is -2.46. The van der Waals surface area contributed by atoms with E-state index in [0.29, 0.717) is 5.02 Å². The number of para-hydroxylation sites is 1. The number of fused-ring (bicyclic) bond motifs is 1. The molecule has 1 saturated heterocycles. The maximum absolute atomic E-state index is 6.06. The van der Waals surface area contributed by atoms with Crippen molar-refractivity contribution in [2.24, 2.45) is 0 Å². The smallest absolute Gasteiger partial charge is 0.180 e. The first-order valence-corrected chi connectivity index (χ1v) is 9.63. The molecule has 7 nitrogen and oxygen atoms in total. The molecule has 2 aromatic carbocycles. The summed E-state index contributed by atoms with van der Waals surface area (Å²) < 4.78 is 7.21. The summed E-state index contributed by atoms with van der Waals surface area (Å²) in [5.41, 5.74) is 2.69.